The SMILES string of the molecule is CSc1nsc(C2CN3CCC2CC3)n1.Cl. The topological polar surface area (TPSA) is 29.0 Å². The van der Waals surface area contributed by atoms with E-state index < -0.39 is 0 Å². The van der Waals surface area contributed by atoms with E-state index in [0.717, 1.165) is 11.1 Å². The Hall–Kier alpha value is 0.160. The summed E-state index contributed by atoms with van der Waals surface area (Å²) in [4.78, 5) is 7.19. The van der Waals surface area contributed by atoms with Crippen LogP contribution < -0.4 is 0 Å². The third-order valence-corrected chi connectivity index (χ3v) is 5.09. The Morgan fingerprint density at radius 1 is 1.38 bits per heavy atom. The molecular formula is C10H16ClN3S2. The lowest BCUT2D eigenvalue weighted by Gasteiger charge is -2.43. The molecule has 2 bridgehead atoms. The number of rotatable bonds is 2. The van der Waals surface area contributed by atoms with Crippen molar-refractivity contribution in [1.82, 2.24) is 14.3 Å². The highest BCUT2D eigenvalue weighted by atomic mass is 35.5. The van der Waals surface area contributed by atoms with Crippen LogP contribution in [0.4, 0.5) is 0 Å². The smallest absolute Gasteiger partial charge is 0.200 e. The Bertz CT molecular complexity index is 350. The van der Waals surface area contributed by atoms with Crippen LogP contribution >= 0.6 is 35.7 Å². The van der Waals surface area contributed by atoms with Crippen LogP contribution in [0.5, 0.6) is 0 Å². The molecule has 4 rings (SSSR count). The monoisotopic (exact) mass is 277 g/mol. The summed E-state index contributed by atoms with van der Waals surface area (Å²) in [5.41, 5.74) is 0. The zero-order valence-electron chi connectivity index (χ0n) is 9.26. The standard InChI is InChI=1S/C10H15N3S2.ClH/c1-14-10-11-9(15-12-10)8-6-13-4-2-7(8)3-5-13;/h7-8H,2-6H2,1H3;1H. The van der Waals surface area contributed by atoms with Crippen LogP contribution in [-0.4, -0.2) is 40.1 Å². The van der Waals surface area contributed by atoms with Crippen LogP contribution in [0.25, 0.3) is 0 Å². The maximum absolute atomic E-state index is 4.61. The predicted molar refractivity (Wildman–Crippen MR) is 70.8 cm³/mol. The van der Waals surface area contributed by atoms with Crippen molar-refractivity contribution in [1.29, 1.82) is 0 Å². The molecule has 4 heterocycles. The van der Waals surface area contributed by atoms with Crippen molar-refractivity contribution < 1.29 is 0 Å². The Labute approximate surface area is 111 Å². The molecule has 3 aliphatic heterocycles. The highest BCUT2D eigenvalue weighted by molar-refractivity contribution is 7.98. The van der Waals surface area contributed by atoms with E-state index in [1.165, 1.54) is 37.5 Å². The first-order chi connectivity index (χ1) is 7.36. The maximum Gasteiger partial charge on any atom is 0.200 e. The van der Waals surface area contributed by atoms with Crippen LogP contribution in [0.2, 0.25) is 0 Å². The van der Waals surface area contributed by atoms with Gasteiger partial charge in [-0.1, -0.05) is 11.8 Å². The van der Waals surface area contributed by atoms with Crippen molar-refractivity contribution in [3.63, 3.8) is 0 Å². The molecule has 3 nitrogen and oxygen atoms in total. The molecule has 0 spiro atoms. The molecule has 1 atom stereocenters. The number of halogens is 1. The average molecular weight is 278 g/mol. The molecule has 1 unspecified atom stereocenters. The highest BCUT2D eigenvalue weighted by Gasteiger charge is 2.36. The highest BCUT2D eigenvalue weighted by Crippen LogP contribution is 2.39. The van der Waals surface area contributed by atoms with Crippen LogP contribution in [0.15, 0.2) is 5.16 Å². The van der Waals surface area contributed by atoms with Gasteiger partial charge in [-0.05, 0) is 49.6 Å². The normalized spacial score (nSPS) is 32.4. The summed E-state index contributed by atoms with van der Waals surface area (Å²) in [6, 6.07) is 0. The molecule has 3 saturated heterocycles. The minimum atomic E-state index is 0. The van der Waals surface area contributed by atoms with Gasteiger partial charge in [0.05, 0.1) is 0 Å². The summed E-state index contributed by atoms with van der Waals surface area (Å²) in [5, 5.41) is 2.22. The molecule has 0 radical (unpaired) electrons. The van der Waals surface area contributed by atoms with Crippen molar-refractivity contribution in [2.75, 3.05) is 25.9 Å². The third kappa shape index (κ3) is 2.23. The van der Waals surface area contributed by atoms with Gasteiger partial charge in [-0.25, -0.2) is 4.98 Å². The molecule has 16 heavy (non-hydrogen) atoms. The second kappa shape index (κ2) is 5.21. The molecule has 3 fully saturated rings. The lowest BCUT2D eigenvalue weighted by molar-refractivity contribution is 0.0868. The molecule has 1 aromatic heterocycles. The van der Waals surface area contributed by atoms with Gasteiger partial charge in [-0.3, -0.25) is 0 Å². The summed E-state index contributed by atoms with van der Waals surface area (Å²) in [5.74, 6) is 1.54. The molecule has 0 aliphatic carbocycles. The van der Waals surface area contributed by atoms with E-state index in [2.05, 4.69) is 14.3 Å². The van der Waals surface area contributed by atoms with E-state index in [9.17, 15) is 0 Å². The van der Waals surface area contributed by atoms with E-state index in [4.69, 9.17) is 0 Å². The quantitative estimate of drug-likeness (QED) is 0.777. The Kier molecular flexibility index (Phi) is 4.11. The van der Waals surface area contributed by atoms with Crippen molar-refractivity contribution >= 4 is 35.7 Å². The predicted octanol–water partition coefficient (Wildman–Crippen LogP) is 2.49. The Morgan fingerprint density at radius 2 is 2.12 bits per heavy atom. The number of aromatic nitrogens is 2. The van der Waals surface area contributed by atoms with Gasteiger partial charge in [0.2, 0.25) is 0 Å². The first kappa shape index (κ1) is 12.6. The van der Waals surface area contributed by atoms with E-state index in [1.54, 1.807) is 23.3 Å². The molecule has 90 valence electrons. The van der Waals surface area contributed by atoms with Crippen molar-refractivity contribution in [3.05, 3.63) is 5.01 Å². The van der Waals surface area contributed by atoms with Gasteiger partial charge in [0.15, 0.2) is 5.16 Å². The zero-order chi connectivity index (χ0) is 10.3. The molecule has 0 amide bonds. The van der Waals surface area contributed by atoms with Gasteiger partial charge in [-0.15, -0.1) is 12.4 Å². The van der Waals surface area contributed by atoms with Crippen molar-refractivity contribution in [2.24, 2.45) is 5.92 Å². The van der Waals surface area contributed by atoms with Crippen molar-refractivity contribution in [2.45, 2.75) is 23.9 Å². The van der Waals surface area contributed by atoms with Gasteiger partial charge in [0, 0.05) is 12.5 Å². The van der Waals surface area contributed by atoms with Crippen molar-refractivity contribution in [3.8, 4) is 0 Å². The Balaban J connectivity index is 0.000000963. The van der Waals surface area contributed by atoms with Gasteiger partial charge < -0.3 is 4.90 Å². The van der Waals surface area contributed by atoms with Crippen LogP contribution in [-0.2, 0) is 0 Å². The summed E-state index contributed by atoms with van der Waals surface area (Å²) >= 11 is 3.26. The lowest BCUT2D eigenvalue weighted by Crippen LogP contribution is -2.46. The number of nitrogens with zero attached hydrogens (tertiary/aromatic N) is 3. The first-order valence-electron chi connectivity index (χ1n) is 5.47. The van der Waals surface area contributed by atoms with E-state index in [1.807, 2.05) is 6.26 Å². The molecular weight excluding hydrogens is 262 g/mol. The fraction of sp³-hybridized carbons (Fsp3) is 0.800. The zero-order valence-corrected chi connectivity index (χ0v) is 11.7. The molecule has 1 aromatic rings. The van der Waals surface area contributed by atoms with Gasteiger partial charge in [0.1, 0.15) is 5.01 Å². The number of hydrogen-bond donors (Lipinski definition) is 0. The third-order valence-electron chi connectivity index (χ3n) is 3.58. The number of thioether (sulfide) groups is 1. The summed E-state index contributed by atoms with van der Waals surface area (Å²) in [6.45, 7) is 3.82. The second-order valence-corrected chi connectivity index (χ2v) is 5.92. The molecule has 3 aliphatic rings. The number of hydrogen-bond acceptors (Lipinski definition) is 5. The van der Waals surface area contributed by atoms with Crippen LogP contribution in [0.1, 0.15) is 23.8 Å². The second-order valence-electron chi connectivity index (χ2n) is 4.36. The minimum Gasteiger partial charge on any atom is -0.303 e. The van der Waals surface area contributed by atoms with Crippen LogP contribution in [0, 0.1) is 5.92 Å². The number of fused-ring (bicyclic) bond motifs is 3. The fourth-order valence-corrected chi connectivity index (χ4v) is 4.10. The van der Waals surface area contributed by atoms with E-state index >= 15 is 0 Å². The number of piperidine rings is 3. The fourth-order valence-electron chi connectivity index (χ4n) is 2.70. The Morgan fingerprint density at radius 3 is 2.62 bits per heavy atom. The van der Waals surface area contributed by atoms with Gasteiger partial charge in [-0.2, -0.15) is 4.37 Å². The average Bonchev–Trinajstić information content (AvgIpc) is 2.79. The maximum atomic E-state index is 4.61. The molecule has 6 heteroatoms. The summed E-state index contributed by atoms with van der Waals surface area (Å²) in [7, 11) is 0. The summed E-state index contributed by atoms with van der Waals surface area (Å²) in [6.07, 6.45) is 4.76. The largest absolute Gasteiger partial charge is 0.303 e. The molecule has 0 saturated carbocycles. The van der Waals surface area contributed by atoms with E-state index in [0.29, 0.717) is 5.92 Å². The van der Waals surface area contributed by atoms with Gasteiger partial charge in [0.25, 0.3) is 0 Å². The van der Waals surface area contributed by atoms with Crippen LogP contribution in [0.3, 0.4) is 0 Å². The molecule has 0 N–H and O–H groups in total. The minimum absolute atomic E-state index is 0. The molecule has 0 aromatic carbocycles. The first-order valence-corrected chi connectivity index (χ1v) is 7.46. The van der Waals surface area contributed by atoms with Gasteiger partial charge >= 0.3 is 0 Å². The van der Waals surface area contributed by atoms with E-state index in [-0.39, 0.29) is 12.4 Å². The summed E-state index contributed by atoms with van der Waals surface area (Å²) < 4.78 is 4.37. The lowest BCUT2D eigenvalue weighted by atomic mass is 9.79.